The lowest BCUT2D eigenvalue weighted by atomic mass is 10.2. The molecule has 16 heavy (non-hydrogen) atoms. The van der Waals surface area contributed by atoms with Gasteiger partial charge in [0.1, 0.15) is 0 Å². The first-order valence-corrected chi connectivity index (χ1v) is 5.65. The van der Waals surface area contributed by atoms with Crippen LogP contribution in [0.2, 0.25) is 0 Å². The van der Waals surface area contributed by atoms with E-state index >= 15 is 0 Å². The quantitative estimate of drug-likeness (QED) is 0.826. The van der Waals surface area contributed by atoms with Crippen molar-refractivity contribution in [2.24, 2.45) is 0 Å². The molecule has 0 aliphatic heterocycles. The van der Waals surface area contributed by atoms with E-state index in [1.165, 1.54) is 5.56 Å². The lowest BCUT2D eigenvalue weighted by Gasteiger charge is -2.11. The minimum absolute atomic E-state index is 0.0875. The Balaban J connectivity index is 2.63. The van der Waals surface area contributed by atoms with Crippen molar-refractivity contribution in [1.82, 2.24) is 4.90 Å². The number of amides is 1. The van der Waals surface area contributed by atoms with E-state index in [9.17, 15) is 4.79 Å². The van der Waals surface area contributed by atoms with Crippen LogP contribution in [0, 0.1) is 0 Å². The Hall–Kier alpha value is -1.35. The number of rotatable bonds is 5. The van der Waals surface area contributed by atoms with Crippen LogP contribution < -0.4 is 5.32 Å². The van der Waals surface area contributed by atoms with Gasteiger partial charge in [-0.15, -0.1) is 0 Å². The zero-order valence-electron chi connectivity index (χ0n) is 10.3. The number of carbonyl (C=O) groups excluding carboxylic acids is 1. The second kappa shape index (κ2) is 6.28. The Kier molecular flexibility index (Phi) is 4.99. The molecular formula is C13H20N2O. The van der Waals surface area contributed by atoms with E-state index in [1.54, 1.807) is 0 Å². The van der Waals surface area contributed by atoms with E-state index in [2.05, 4.69) is 16.3 Å². The largest absolute Gasteiger partial charge is 0.326 e. The molecule has 88 valence electrons. The average molecular weight is 220 g/mol. The summed E-state index contributed by atoms with van der Waals surface area (Å²) in [5.41, 5.74) is 2.09. The van der Waals surface area contributed by atoms with Crippen LogP contribution in [0.5, 0.6) is 0 Å². The molecule has 3 heteroatoms. The third kappa shape index (κ3) is 4.45. The van der Waals surface area contributed by atoms with Crippen molar-refractivity contribution < 1.29 is 4.79 Å². The second-order valence-electron chi connectivity index (χ2n) is 4.24. The molecule has 1 rings (SSSR count). The molecule has 0 fully saturated rings. The Morgan fingerprint density at radius 2 is 2.12 bits per heavy atom. The molecule has 0 atom stereocenters. The molecule has 0 saturated heterocycles. The average Bonchev–Trinajstić information content (AvgIpc) is 2.17. The molecule has 0 unspecified atom stereocenters. The molecule has 0 bridgehead atoms. The molecular weight excluding hydrogens is 200 g/mol. The zero-order chi connectivity index (χ0) is 12.0. The Labute approximate surface area is 97.5 Å². The summed E-state index contributed by atoms with van der Waals surface area (Å²) in [5, 5.41) is 2.90. The lowest BCUT2D eigenvalue weighted by Crippen LogP contribution is -2.13. The van der Waals surface area contributed by atoms with Crippen molar-refractivity contribution in [1.29, 1.82) is 0 Å². The molecule has 1 amide bonds. The third-order valence-electron chi connectivity index (χ3n) is 2.19. The van der Waals surface area contributed by atoms with Crippen LogP contribution in [0.4, 0.5) is 5.69 Å². The first-order valence-electron chi connectivity index (χ1n) is 5.65. The number of carbonyl (C=O) groups is 1. The fourth-order valence-electron chi connectivity index (χ4n) is 1.56. The molecule has 1 aromatic rings. The predicted octanol–water partition coefficient (Wildman–Crippen LogP) is 2.49. The zero-order valence-corrected chi connectivity index (χ0v) is 10.3. The first kappa shape index (κ1) is 12.7. The van der Waals surface area contributed by atoms with Gasteiger partial charge in [-0.25, -0.2) is 0 Å². The van der Waals surface area contributed by atoms with E-state index < -0.39 is 0 Å². The van der Waals surface area contributed by atoms with Crippen molar-refractivity contribution in [3.63, 3.8) is 0 Å². The summed E-state index contributed by atoms with van der Waals surface area (Å²) in [5.74, 6) is 0.0875. The maximum atomic E-state index is 11.4. The van der Waals surface area contributed by atoms with Gasteiger partial charge in [-0.3, -0.25) is 4.79 Å². The highest BCUT2D eigenvalue weighted by Crippen LogP contribution is 2.12. The minimum atomic E-state index is 0.0875. The SMILES string of the molecule is CCCC(=O)Nc1cccc(CN(C)C)c1. The predicted molar refractivity (Wildman–Crippen MR) is 67.4 cm³/mol. The molecule has 0 heterocycles. The van der Waals surface area contributed by atoms with E-state index in [-0.39, 0.29) is 5.91 Å². The fraction of sp³-hybridized carbons (Fsp3) is 0.462. The van der Waals surface area contributed by atoms with E-state index in [0.29, 0.717) is 6.42 Å². The molecule has 0 aliphatic carbocycles. The highest BCUT2D eigenvalue weighted by atomic mass is 16.1. The van der Waals surface area contributed by atoms with Gasteiger partial charge in [0.25, 0.3) is 0 Å². The molecule has 0 aromatic heterocycles. The van der Waals surface area contributed by atoms with Crippen LogP contribution in [0.3, 0.4) is 0 Å². The third-order valence-corrected chi connectivity index (χ3v) is 2.19. The summed E-state index contributed by atoms with van der Waals surface area (Å²) < 4.78 is 0. The molecule has 0 spiro atoms. The van der Waals surface area contributed by atoms with Gasteiger partial charge in [0, 0.05) is 18.7 Å². The summed E-state index contributed by atoms with van der Waals surface area (Å²) in [7, 11) is 4.06. The normalized spacial score (nSPS) is 10.5. The van der Waals surface area contributed by atoms with Gasteiger partial charge in [-0.1, -0.05) is 19.1 Å². The standard InChI is InChI=1S/C13H20N2O/c1-4-6-13(16)14-12-8-5-7-11(9-12)10-15(2)3/h5,7-9H,4,6,10H2,1-3H3,(H,14,16). The summed E-state index contributed by atoms with van der Waals surface area (Å²) in [6.45, 7) is 2.89. The van der Waals surface area contributed by atoms with Gasteiger partial charge >= 0.3 is 0 Å². The first-order chi connectivity index (χ1) is 7.61. The van der Waals surface area contributed by atoms with Crippen LogP contribution in [0.25, 0.3) is 0 Å². The molecule has 3 nitrogen and oxygen atoms in total. The Morgan fingerprint density at radius 1 is 1.38 bits per heavy atom. The number of nitrogens with zero attached hydrogens (tertiary/aromatic N) is 1. The fourth-order valence-corrected chi connectivity index (χ4v) is 1.56. The van der Waals surface area contributed by atoms with Gasteiger partial charge in [-0.05, 0) is 38.2 Å². The molecule has 0 radical (unpaired) electrons. The number of anilines is 1. The topological polar surface area (TPSA) is 32.3 Å². The molecule has 0 aliphatic rings. The van der Waals surface area contributed by atoms with Crippen LogP contribution in [-0.4, -0.2) is 24.9 Å². The van der Waals surface area contributed by atoms with Crippen LogP contribution in [0.1, 0.15) is 25.3 Å². The summed E-state index contributed by atoms with van der Waals surface area (Å²) >= 11 is 0. The highest BCUT2D eigenvalue weighted by molar-refractivity contribution is 5.90. The Morgan fingerprint density at radius 3 is 2.75 bits per heavy atom. The van der Waals surface area contributed by atoms with Crippen molar-refractivity contribution in [2.45, 2.75) is 26.3 Å². The molecule has 1 N–H and O–H groups in total. The summed E-state index contributed by atoms with van der Waals surface area (Å²) in [6, 6.07) is 7.98. The lowest BCUT2D eigenvalue weighted by molar-refractivity contribution is -0.116. The van der Waals surface area contributed by atoms with Crippen molar-refractivity contribution in [2.75, 3.05) is 19.4 Å². The number of hydrogen-bond donors (Lipinski definition) is 1. The minimum Gasteiger partial charge on any atom is -0.326 e. The van der Waals surface area contributed by atoms with Crippen LogP contribution in [-0.2, 0) is 11.3 Å². The van der Waals surface area contributed by atoms with Gasteiger partial charge in [-0.2, -0.15) is 0 Å². The summed E-state index contributed by atoms with van der Waals surface area (Å²) in [6.07, 6.45) is 1.46. The van der Waals surface area contributed by atoms with Crippen molar-refractivity contribution in [3.05, 3.63) is 29.8 Å². The molecule has 1 aromatic carbocycles. The van der Waals surface area contributed by atoms with Crippen molar-refractivity contribution in [3.8, 4) is 0 Å². The summed E-state index contributed by atoms with van der Waals surface area (Å²) in [4.78, 5) is 13.5. The van der Waals surface area contributed by atoms with Crippen LogP contribution >= 0.6 is 0 Å². The van der Waals surface area contributed by atoms with E-state index in [4.69, 9.17) is 0 Å². The highest BCUT2D eigenvalue weighted by Gasteiger charge is 2.01. The van der Waals surface area contributed by atoms with Crippen LogP contribution in [0.15, 0.2) is 24.3 Å². The second-order valence-corrected chi connectivity index (χ2v) is 4.24. The van der Waals surface area contributed by atoms with E-state index in [1.807, 2.05) is 39.2 Å². The monoisotopic (exact) mass is 220 g/mol. The van der Waals surface area contributed by atoms with E-state index in [0.717, 1.165) is 18.7 Å². The molecule has 0 saturated carbocycles. The van der Waals surface area contributed by atoms with Crippen molar-refractivity contribution >= 4 is 11.6 Å². The maximum Gasteiger partial charge on any atom is 0.224 e. The number of nitrogens with one attached hydrogen (secondary N) is 1. The van der Waals surface area contributed by atoms with Gasteiger partial charge < -0.3 is 10.2 Å². The maximum absolute atomic E-state index is 11.4. The Bertz CT molecular complexity index is 348. The van der Waals surface area contributed by atoms with Gasteiger partial charge in [0.05, 0.1) is 0 Å². The van der Waals surface area contributed by atoms with Gasteiger partial charge in [0.2, 0.25) is 5.91 Å². The number of benzene rings is 1. The van der Waals surface area contributed by atoms with Gasteiger partial charge in [0.15, 0.2) is 0 Å². The number of hydrogen-bond acceptors (Lipinski definition) is 2. The smallest absolute Gasteiger partial charge is 0.224 e.